The zero-order valence-electron chi connectivity index (χ0n) is 36.9. The second-order valence-electron chi connectivity index (χ2n) is 19.3. The topological polar surface area (TPSA) is 178 Å². The van der Waals surface area contributed by atoms with E-state index >= 15 is 0 Å². The van der Waals surface area contributed by atoms with Crippen molar-refractivity contribution in [2.45, 2.75) is 154 Å². The summed E-state index contributed by atoms with van der Waals surface area (Å²) in [6.45, 7) is 21.9. The zero-order chi connectivity index (χ0) is 45.5. The van der Waals surface area contributed by atoms with Crippen LogP contribution in [0.3, 0.4) is 0 Å². The fourth-order valence-corrected chi connectivity index (χ4v) is 10.9. The van der Waals surface area contributed by atoms with Crippen molar-refractivity contribution < 1.29 is 62.3 Å². The van der Waals surface area contributed by atoms with Crippen LogP contribution in [0.4, 0.5) is 0 Å². The van der Waals surface area contributed by atoms with E-state index in [1.807, 2.05) is 0 Å². The molecule has 3 unspecified atom stereocenters. The lowest BCUT2D eigenvalue weighted by atomic mass is 9.50. The molecule has 0 radical (unpaired) electrons. The minimum atomic E-state index is -0.728. The lowest BCUT2D eigenvalue weighted by Crippen LogP contribution is -2.60. The molecule has 3 atom stereocenters. The van der Waals surface area contributed by atoms with Crippen molar-refractivity contribution >= 4 is 61.1 Å². The summed E-state index contributed by atoms with van der Waals surface area (Å²) in [5.41, 5.74) is -0.545. The number of aliphatic hydroxyl groups is 1. The van der Waals surface area contributed by atoms with Crippen molar-refractivity contribution in [1.82, 2.24) is 0 Å². The predicted molar refractivity (Wildman–Crippen MR) is 233 cm³/mol. The number of carbonyl (C=O) groups excluding carboxylic acids is 6. The zero-order valence-corrected chi connectivity index (χ0v) is 38.7. The van der Waals surface area contributed by atoms with Gasteiger partial charge in [0.05, 0.1) is 30.3 Å². The minimum absolute atomic E-state index is 0.0415. The molecule has 1 saturated heterocycles. The highest BCUT2D eigenvalue weighted by atomic mass is 32.1. The molecule has 342 valence electrons. The van der Waals surface area contributed by atoms with E-state index in [0.29, 0.717) is 60.7 Å². The van der Waals surface area contributed by atoms with Crippen LogP contribution in [0.2, 0.25) is 0 Å². The van der Waals surface area contributed by atoms with Crippen LogP contribution in [0, 0.1) is 35.5 Å². The largest absolute Gasteiger partial charge is 0.465 e. The van der Waals surface area contributed by atoms with Crippen LogP contribution in [-0.4, -0.2) is 94.1 Å². The lowest BCUT2D eigenvalue weighted by molar-refractivity contribution is -0.217. The number of esters is 6. The van der Waals surface area contributed by atoms with Crippen LogP contribution in [-0.2, 0) is 57.2 Å². The number of hydrogen-bond donors (Lipinski definition) is 3. The smallest absolute Gasteiger partial charge is 0.347 e. The number of cyclic esters (lactones) is 1. The molecule has 9 aliphatic rings. The van der Waals surface area contributed by atoms with Gasteiger partial charge in [0.25, 0.3) is 0 Å². The molecule has 1 heterocycles. The second-order valence-corrected chi connectivity index (χ2v) is 20.0. The van der Waals surface area contributed by atoms with Crippen molar-refractivity contribution in [3.05, 3.63) is 36.5 Å². The molecule has 0 aromatic rings. The Labute approximate surface area is 372 Å². The maximum Gasteiger partial charge on any atom is 0.347 e. The quantitative estimate of drug-likeness (QED) is 0.0788. The van der Waals surface area contributed by atoms with Crippen LogP contribution in [0.1, 0.15) is 125 Å². The first kappa shape index (κ1) is 50.3. The van der Waals surface area contributed by atoms with Gasteiger partial charge in [0, 0.05) is 36.0 Å². The molecule has 0 aromatic carbocycles. The van der Waals surface area contributed by atoms with Crippen LogP contribution >= 0.6 is 25.3 Å². The van der Waals surface area contributed by atoms with Crippen molar-refractivity contribution in [2.75, 3.05) is 24.7 Å². The van der Waals surface area contributed by atoms with Gasteiger partial charge in [0.1, 0.15) is 16.8 Å². The third kappa shape index (κ3) is 13.8. The highest BCUT2D eigenvalue weighted by Gasteiger charge is 2.59. The van der Waals surface area contributed by atoms with Crippen molar-refractivity contribution in [2.24, 2.45) is 35.5 Å². The molecule has 9 fully saturated rings. The molecule has 13 nitrogen and oxygen atoms in total. The van der Waals surface area contributed by atoms with E-state index in [9.17, 15) is 33.9 Å². The number of hydrogen-bond acceptors (Lipinski definition) is 15. The SMILES string of the molecule is C=C(C)C(=O)OC1(C)C2CC3CC(C2)CC1C3.C=C(C)C(=O)OC12CC3CC(CC(O)(C3)C1)C2.C=C(C)C(=O)OC1CCOC1=O.CC(C)(CCOC(=O)CS)OC(=O)CS. The summed E-state index contributed by atoms with van der Waals surface area (Å²) in [5.74, 6) is 1.93. The molecule has 8 aliphatic carbocycles. The van der Waals surface area contributed by atoms with E-state index in [2.05, 4.69) is 56.7 Å². The number of ether oxygens (including phenoxy) is 6. The van der Waals surface area contributed by atoms with E-state index in [4.69, 9.17) is 23.7 Å². The molecule has 1 N–H and O–H groups in total. The molecule has 8 saturated carbocycles. The number of thiol groups is 2. The molecule has 0 spiro atoms. The maximum atomic E-state index is 11.8. The fourth-order valence-electron chi connectivity index (χ4n) is 10.8. The fraction of sp³-hybridized carbons (Fsp3) is 0.739. The first-order chi connectivity index (χ1) is 28.4. The molecule has 8 bridgehead atoms. The Balaban J connectivity index is 0.000000181. The average molecular weight is 893 g/mol. The Hall–Kier alpha value is -3.30. The molecule has 1 aliphatic heterocycles. The van der Waals surface area contributed by atoms with Gasteiger partial charge >= 0.3 is 35.8 Å². The number of rotatable bonds is 12. The molecule has 0 aromatic heterocycles. The molecule has 0 amide bonds. The summed E-state index contributed by atoms with van der Waals surface area (Å²) in [5, 5.41) is 10.5. The van der Waals surface area contributed by atoms with Crippen molar-refractivity contribution in [3.8, 4) is 0 Å². The first-order valence-electron chi connectivity index (χ1n) is 21.5. The van der Waals surface area contributed by atoms with Crippen molar-refractivity contribution in [1.29, 1.82) is 0 Å². The van der Waals surface area contributed by atoms with Gasteiger partial charge in [0.2, 0.25) is 6.10 Å². The Morgan fingerprint density at radius 1 is 0.754 bits per heavy atom. The van der Waals surface area contributed by atoms with E-state index in [0.717, 1.165) is 37.5 Å². The van der Waals surface area contributed by atoms with Gasteiger partial charge in [-0.2, -0.15) is 25.3 Å². The Bertz CT molecular complexity index is 1660. The highest BCUT2D eigenvalue weighted by Crippen LogP contribution is 2.60. The highest BCUT2D eigenvalue weighted by molar-refractivity contribution is 7.81. The molecule has 9 rings (SSSR count). The molecular weight excluding hydrogens is 825 g/mol. The van der Waals surface area contributed by atoms with Crippen LogP contribution in [0.5, 0.6) is 0 Å². The van der Waals surface area contributed by atoms with E-state index in [1.54, 1.807) is 27.7 Å². The third-order valence-electron chi connectivity index (χ3n) is 13.2. The standard InChI is InChI=1S/C15H22O2.C14H20O3.C9H16O4S2.C8H10O4/c1-9(2)14(16)17-15(3)12-5-10-4-11(7-12)8-13(15)6-10;1-9(2)12(15)17-14-6-10-3-11(7-14)5-13(16,4-10)8-14;1-9(2,13-8(11)6-15)3-4-12-7(10)5-14;1-5(2)7(9)12-6-3-4-11-8(6)10/h10-13H,1,4-8H2,2-3H3;10-11,16H,1,3-8H2,2H3;14-15H,3-6H2,1-2H3;6H,1,3-4H2,2H3. The summed E-state index contributed by atoms with van der Waals surface area (Å²) >= 11 is 7.56. The van der Waals surface area contributed by atoms with Gasteiger partial charge < -0.3 is 33.5 Å². The van der Waals surface area contributed by atoms with Gasteiger partial charge in [-0.05, 0) is 141 Å². The Morgan fingerprint density at radius 3 is 1.69 bits per heavy atom. The van der Waals surface area contributed by atoms with Crippen LogP contribution < -0.4 is 0 Å². The summed E-state index contributed by atoms with van der Waals surface area (Å²) in [6.07, 6.45) is 12.2. The molecular formula is C46H68O13S2. The third-order valence-corrected chi connectivity index (χ3v) is 13.7. The maximum absolute atomic E-state index is 11.8. The monoisotopic (exact) mass is 892 g/mol. The van der Waals surface area contributed by atoms with Crippen molar-refractivity contribution in [3.63, 3.8) is 0 Å². The number of carbonyl (C=O) groups is 6. The Morgan fingerprint density at radius 2 is 1.25 bits per heavy atom. The average Bonchev–Trinajstić information content (AvgIpc) is 3.56. The van der Waals surface area contributed by atoms with Gasteiger partial charge in [-0.3, -0.25) is 9.59 Å². The lowest BCUT2D eigenvalue weighted by Gasteiger charge is -2.59. The minimum Gasteiger partial charge on any atom is -0.465 e. The Kier molecular flexibility index (Phi) is 17.3. The van der Waals surface area contributed by atoms with Gasteiger partial charge in [-0.15, -0.1) is 0 Å². The molecule has 15 heteroatoms. The normalized spacial score (nSPS) is 33.1. The van der Waals surface area contributed by atoms with Gasteiger partial charge in [0.15, 0.2) is 0 Å². The summed E-state index contributed by atoms with van der Waals surface area (Å²) < 4.78 is 30.8. The van der Waals surface area contributed by atoms with E-state index in [1.165, 1.54) is 45.4 Å². The van der Waals surface area contributed by atoms with E-state index < -0.39 is 34.8 Å². The van der Waals surface area contributed by atoms with E-state index in [-0.39, 0.29) is 53.2 Å². The summed E-state index contributed by atoms with van der Waals surface area (Å²) in [6, 6.07) is 0. The van der Waals surface area contributed by atoms with Gasteiger partial charge in [-0.25, -0.2) is 19.2 Å². The predicted octanol–water partition coefficient (Wildman–Crippen LogP) is 7.03. The van der Waals surface area contributed by atoms with Crippen LogP contribution in [0.25, 0.3) is 0 Å². The van der Waals surface area contributed by atoms with Gasteiger partial charge in [-0.1, -0.05) is 19.7 Å². The molecule has 61 heavy (non-hydrogen) atoms. The van der Waals surface area contributed by atoms with Crippen LogP contribution in [0.15, 0.2) is 36.5 Å². The summed E-state index contributed by atoms with van der Waals surface area (Å²) in [4.78, 5) is 67.0. The second kappa shape index (κ2) is 20.9. The first-order valence-corrected chi connectivity index (χ1v) is 22.8. The summed E-state index contributed by atoms with van der Waals surface area (Å²) in [7, 11) is 0.